The molecule has 0 bridgehead atoms. The Morgan fingerprint density at radius 3 is 2.00 bits per heavy atom. The number of phenols is 1. The van der Waals surface area contributed by atoms with Gasteiger partial charge in [-0.2, -0.15) is 11.8 Å². The van der Waals surface area contributed by atoms with Crippen LogP contribution in [0.15, 0.2) is 29.3 Å². The van der Waals surface area contributed by atoms with Gasteiger partial charge in [0.15, 0.2) is 5.96 Å². The summed E-state index contributed by atoms with van der Waals surface area (Å²) in [7, 11) is 0. The molecule has 13 nitrogen and oxygen atoms in total. The van der Waals surface area contributed by atoms with Crippen LogP contribution in [0.25, 0.3) is 0 Å². The van der Waals surface area contributed by atoms with Gasteiger partial charge in [0, 0.05) is 6.54 Å². The Bertz CT molecular complexity index is 1000. The third-order valence-corrected chi connectivity index (χ3v) is 6.52. The van der Waals surface area contributed by atoms with Crippen molar-refractivity contribution in [3.05, 3.63) is 29.8 Å². The summed E-state index contributed by atoms with van der Waals surface area (Å²) in [5, 5.41) is 26.8. The quantitative estimate of drug-likeness (QED) is 0.0637. The van der Waals surface area contributed by atoms with E-state index in [1.165, 1.54) is 23.9 Å². The van der Waals surface area contributed by atoms with Crippen LogP contribution in [0, 0.1) is 5.92 Å². The predicted molar refractivity (Wildman–Crippen MR) is 156 cm³/mol. The van der Waals surface area contributed by atoms with Gasteiger partial charge in [-0.05, 0) is 67.7 Å². The van der Waals surface area contributed by atoms with E-state index in [0.29, 0.717) is 12.2 Å². The molecule has 11 N–H and O–H groups in total. The topological polar surface area (TPSA) is 235 Å². The van der Waals surface area contributed by atoms with Gasteiger partial charge in [0.25, 0.3) is 0 Å². The summed E-state index contributed by atoms with van der Waals surface area (Å²) in [6.07, 6.45) is 2.99. The summed E-state index contributed by atoms with van der Waals surface area (Å²) in [6.45, 7) is 3.90. The standard InChI is InChI=1S/C26H43N7O6S/c1-15(2)13-21(25(38)39)33-24(37)20(10-12-40-3)32-23(36)19(5-4-11-30-26(28)29)31-22(35)18(27)14-16-6-8-17(34)9-7-16/h6-9,15,18-21,34H,4-5,10-14,27H2,1-3H3,(H,31,35)(H,32,36)(H,33,37)(H,38,39)(H4,28,29,30). The van der Waals surface area contributed by atoms with Gasteiger partial charge in [-0.25, -0.2) is 4.79 Å². The molecule has 14 heteroatoms. The van der Waals surface area contributed by atoms with Gasteiger partial charge >= 0.3 is 5.97 Å². The highest BCUT2D eigenvalue weighted by atomic mass is 32.2. The van der Waals surface area contributed by atoms with Crippen molar-refractivity contribution in [3.63, 3.8) is 0 Å². The summed E-state index contributed by atoms with van der Waals surface area (Å²) >= 11 is 1.47. The Morgan fingerprint density at radius 2 is 1.48 bits per heavy atom. The van der Waals surface area contributed by atoms with E-state index in [0.717, 1.165) is 5.56 Å². The van der Waals surface area contributed by atoms with E-state index in [2.05, 4.69) is 20.9 Å². The number of aromatic hydroxyl groups is 1. The van der Waals surface area contributed by atoms with Crippen LogP contribution in [0.3, 0.4) is 0 Å². The smallest absolute Gasteiger partial charge is 0.326 e. The average molecular weight is 582 g/mol. The number of benzene rings is 1. The minimum Gasteiger partial charge on any atom is -0.508 e. The van der Waals surface area contributed by atoms with E-state index < -0.39 is 47.9 Å². The van der Waals surface area contributed by atoms with Crippen molar-refractivity contribution in [2.75, 3.05) is 18.6 Å². The molecule has 3 amide bonds. The van der Waals surface area contributed by atoms with Gasteiger partial charge in [0.1, 0.15) is 23.9 Å². The number of carbonyl (C=O) groups excluding carboxylic acids is 3. The minimum absolute atomic E-state index is 0.0243. The summed E-state index contributed by atoms with van der Waals surface area (Å²) in [5.41, 5.74) is 17.5. The maximum absolute atomic E-state index is 13.3. The fraction of sp³-hybridized carbons (Fsp3) is 0.577. The van der Waals surface area contributed by atoms with Crippen LogP contribution in [0.1, 0.15) is 45.1 Å². The molecule has 0 fully saturated rings. The molecule has 0 saturated carbocycles. The number of carboxylic acid groups (broad SMARTS) is 1. The van der Waals surface area contributed by atoms with Crippen LogP contribution in [0.4, 0.5) is 0 Å². The monoisotopic (exact) mass is 581 g/mol. The molecule has 0 aliphatic heterocycles. The first kappa shape index (κ1) is 34.5. The highest BCUT2D eigenvalue weighted by Gasteiger charge is 2.30. The van der Waals surface area contributed by atoms with Crippen molar-refractivity contribution in [1.29, 1.82) is 0 Å². The third kappa shape index (κ3) is 13.5. The summed E-state index contributed by atoms with van der Waals surface area (Å²) in [6, 6.07) is 2.08. The maximum atomic E-state index is 13.3. The maximum Gasteiger partial charge on any atom is 0.326 e. The van der Waals surface area contributed by atoms with Gasteiger partial charge in [-0.3, -0.25) is 19.4 Å². The molecule has 4 atom stereocenters. The number of rotatable bonds is 18. The highest BCUT2D eigenvalue weighted by Crippen LogP contribution is 2.12. The second-order valence-electron chi connectivity index (χ2n) is 9.86. The molecule has 1 aromatic rings. The van der Waals surface area contributed by atoms with Crippen LogP contribution in [0.5, 0.6) is 5.75 Å². The SMILES string of the molecule is CSCCC(NC(=O)C(CCCN=C(N)N)NC(=O)C(N)Cc1ccc(O)cc1)C(=O)NC(CC(C)C)C(=O)O. The number of thioether (sulfide) groups is 1. The molecule has 0 aromatic heterocycles. The fourth-order valence-corrected chi connectivity index (χ4v) is 4.24. The lowest BCUT2D eigenvalue weighted by Crippen LogP contribution is -2.57. The second kappa shape index (κ2) is 17.9. The van der Waals surface area contributed by atoms with Crippen LogP contribution in [0.2, 0.25) is 0 Å². The molecule has 4 unspecified atom stereocenters. The number of guanidine groups is 1. The molecule has 1 rings (SSSR count). The van der Waals surface area contributed by atoms with E-state index in [1.54, 1.807) is 12.1 Å². The molecule has 1 aromatic carbocycles. The van der Waals surface area contributed by atoms with Crippen molar-refractivity contribution in [2.24, 2.45) is 28.1 Å². The van der Waals surface area contributed by atoms with Crippen LogP contribution in [-0.4, -0.2) is 82.6 Å². The number of aliphatic imine (C=N–C) groups is 1. The Labute approximate surface area is 239 Å². The number of nitrogens with two attached hydrogens (primary N) is 3. The lowest BCUT2D eigenvalue weighted by molar-refractivity contribution is -0.142. The summed E-state index contributed by atoms with van der Waals surface area (Å²) < 4.78 is 0. The number of carbonyl (C=O) groups is 4. The number of hydrogen-bond acceptors (Lipinski definition) is 8. The van der Waals surface area contributed by atoms with Crippen LogP contribution in [-0.2, 0) is 25.6 Å². The zero-order chi connectivity index (χ0) is 30.2. The molecule has 0 spiro atoms. The Hall–Kier alpha value is -3.52. The lowest BCUT2D eigenvalue weighted by Gasteiger charge is -2.25. The Kier molecular flexibility index (Phi) is 15.5. The molecule has 0 aliphatic rings. The first-order valence-corrected chi connectivity index (χ1v) is 14.4. The minimum atomic E-state index is -1.16. The van der Waals surface area contributed by atoms with E-state index in [-0.39, 0.29) is 49.9 Å². The normalized spacial score (nSPS) is 13.9. The van der Waals surface area contributed by atoms with Crippen LogP contribution < -0.4 is 33.2 Å². The summed E-state index contributed by atoms with van der Waals surface area (Å²) in [4.78, 5) is 54.8. The summed E-state index contributed by atoms with van der Waals surface area (Å²) in [5.74, 6) is -2.46. The lowest BCUT2D eigenvalue weighted by atomic mass is 10.0. The number of amides is 3. The molecular weight excluding hydrogens is 538 g/mol. The van der Waals surface area contributed by atoms with Gasteiger partial charge < -0.3 is 43.4 Å². The van der Waals surface area contributed by atoms with Gasteiger partial charge in [-0.1, -0.05) is 26.0 Å². The molecule has 0 radical (unpaired) electrons. The number of aliphatic carboxylic acids is 1. The molecule has 40 heavy (non-hydrogen) atoms. The van der Waals surface area contributed by atoms with Crippen molar-refractivity contribution in [2.45, 2.75) is 70.1 Å². The van der Waals surface area contributed by atoms with Gasteiger partial charge in [0.2, 0.25) is 17.7 Å². The Morgan fingerprint density at radius 1 is 0.925 bits per heavy atom. The molecule has 224 valence electrons. The molecule has 0 aliphatic carbocycles. The first-order chi connectivity index (χ1) is 18.8. The number of carboxylic acids is 1. The number of nitrogens with zero attached hydrogens (tertiary/aromatic N) is 1. The van der Waals surface area contributed by atoms with Gasteiger partial charge in [-0.15, -0.1) is 0 Å². The van der Waals surface area contributed by atoms with Crippen molar-refractivity contribution in [1.82, 2.24) is 16.0 Å². The number of hydrogen-bond donors (Lipinski definition) is 8. The van der Waals surface area contributed by atoms with E-state index in [9.17, 15) is 29.4 Å². The van der Waals surface area contributed by atoms with Crippen LogP contribution >= 0.6 is 11.8 Å². The molecule has 0 heterocycles. The van der Waals surface area contributed by atoms with Crippen molar-refractivity contribution in [3.8, 4) is 5.75 Å². The number of nitrogens with one attached hydrogen (secondary N) is 3. The predicted octanol–water partition coefficient (Wildman–Crippen LogP) is -0.346. The second-order valence-corrected chi connectivity index (χ2v) is 10.8. The fourth-order valence-electron chi connectivity index (χ4n) is 3.77. The van der Waals surface area contributed by atoms with E-state index >= 15 is 0 Å². The zero-order valence-electron chi connectivity index (χ0n) is 23.3. The molecular formula is C26H43N7O6S. The zero-order valence-corrected chi connectivity index (χ0v) is 24.1. The average Bonchev–Trinajstić information content (AvgIpc) is 2.88. The van der Waals surface area contributed by atoms with Crippen molar-refractivity contribution < 1.29 is 29.4 Å². The van der Waals surface area contributed by atoms with Crippen molar-refractivity contribution >= 4 is 41.4 Å². The first-order valence-electron chi connectivity index (χ1n) is 13.1. The highest BCUT2D eigenvalue weighted by molar-refractivity contribution is 7.98. The van der Waals surface area contributed by atoms with E-state index in [1.807, 2.05) is 20.1 Å². The third-order valence-electron chi connectivity index (χ3n) is 5.87. The number of phenolic OH excluding ortho intramolecular Hbond substituents is 1. The molecule has 0 saturated heterocycles. The van der Waals surface area contributed by atoms with Gasteiger partial charge in [0.05, 0.1) is 6.04 Å². The van der Waals surface area contributed by atoms with E-state index in [4.69, 9.17) is 17.2 Å². The Balaban J connectivity index is 3.02. The largest absolute Gasteiger partial charge is 0.508 e.